The number of aliphatic hydroxyl groups excluding tert-OH is 1. The van der Waals surface area contributed by atoms with Gasteiger partial charge in [-0.1, -0.05) is 35.6 Å². The first-order valence-corrected chi connectivity index (χ1v) is 4.00. The Labute approximate surface area is 68.1 Å². The van der Waals surface area contributed by atoms with Crippen LogP contribution in [0.1, 0.15) is 13.3 Å². The summed E-state index contributed by atoms with van der Waals surface area (Å²) in [5.41, 5.74) is 0. The van der Waals surface area contributed by atoms with Crippen LogP contribution < -0.4 is 0 Å². The molecule has 0 radical (unpaired) electrons. The zero-order chi connectivity index (χ0) is 7.28. The van der Waals surface area contributed by atoms with E-state index in [9.17, 15) is 4.39 Å². The lowest BCUT2D eigenvalue weighted by molar-refractivity contribution is 0.183. The smallest absolute Gasteiger partial charge is 0.0828 e. The Morgan fingerprint density at radius 2 is 2.33 bits per heavy atom. The van der Waals surface area contributed by atoms with Crippen molar-refractivity contribution in [1.29, 1.82) is 0 Å². The summed E-state index contributed by atoms with van der Waals surface area (Å²) in [4.78, 5) is 0. The highest BCUT2D eigenvalue weighted by atomic mass is 127. The van der Waals surface area contributed by atoms with E-state index in [1.54, 1.807) is 0 Å². The number of hydrogen-bond donors (Lipinski definition) is 1. The van der Waals surface area contributed by atoms with Gasteiger partial charge in [-0.25, -0.2) is 4.39 Å². The molecule has 0 amide bonds. The van der Waals surface area contributed by atoms with E-state index in [1.165, 1.54) is 6.08 Å². The van der Waals surface area contributed by atoms with Gasteiger partial charge in [0, 0.05) is 3.92 Å². The van der Waals surface area contributed by atoms with Gasteiger partial charge >= 0.3 is 0 Å². The zero-order valence-electron chi connectivity index (χ0n) is 5.22. The molecule has 1 N–H and O–H groups in total. The SMILES string of the molecule is CC(I)C(O)CC=CF. The van der Waals surface area contributed by atoms with Gasteiger partial charge in [-0.05, 0) is 6.42 Å². The summed E-state index contributed by atoms with van der Waals surface area (Å²) >= 11 is 2.10. The van der Waals surface area contributed by atoms with Crippen LogP contribution in [-0.4, -0.2) is 15.1 Å². The Morgan fingerprint density at radius 1 is 1.78 bits per heavy atom. The van der Waals surface area contributed by atoms with E-state index in [1.807, 2.05) is 6.92 Å². The minimum atomic E-state index is -0.419. The third-order valence-corrected chi connectivity index (χ3v) is 1.83. The summed E-state index contributed by atoms with van der Waals surface area (Å²) in [5.74, 6) is 0. The summed E-state index contributed by atoms with van der Waals surface area (Å²) < 4.78 is 11.5. The van der Waals surface area contributed by atoms with Gasteiger partial charge in [-0.2, -0.15) is 0 Å². The molecule has 0 aliphatic heterocycles. The van der Waals surface area contributed by atoms with Gasteiger partial charge in [-0.3, -0.25) is 0 Å². The second-order valence-electron chi connectivity index (χ2n) is 1.84. The predicted octanol–water partition coefficient (Wildman–Crippen LogP) is 2.04. The highest BCUT2D eigenvalue weighted by molar-refractivity contribution is 14.1. The van der Waals surface area contributed by atoms with Gasteiger partial charge in [0.25, 0.3) is 0 Å². The molecule has 1 nitrogen and oxygen atoms in total. The largest absolute Gasteiger partial charge is 0.392 e. The number of hydrogen-bond acceptors (Lipinski definition) is 1. The molecule has 0 saturated carbocycles. The fourth-order valence-electron chi connectivity index (χ4n) is 0.378. The fourth-order valence-corrected chi connectivity index (χ4v) is 0.672. The standard InChI is InChI=1S/C6H10FIO/c1-5(8)6(9)3-2-4-7/h2,4-6,9H,3H2,1H3. The molecule has 0 fully saturated rings. The van der Waals surface area contributed by atoms with Crippen molar-refractivity contribution < 1.29 is 9.50 Å². The molecule has 2 unspecified atom stereocenters. The number of alkyl halides is 1. The van der Waals surface area contributed by atoms with Crippen LogP contribution in [0.2, 0.25) is 0 Å². The van der Waals surface area contributed by atoms with E-state index < -0.39 is 6.10 Å². The summed E-state index contributed by atoms with van der Waals surface area (Å²) in [6, 6.07) is 0. The maximum atomic E-state index is 11.3. The van der Waals surface area contributed by atoms with Crippen molar-refractivity contribution in [2.24, 2.45) is 0 Å². The second kappa shape index (κ2) is 5.17. The average Bonchev–Trinajstić information content (AvgIpc) is 1.82. The quantitative estimate of drug-likeness (QED) is 0.595. The number of halogens is 2. The molecule has 0 aromatic rings. The first-order chi connectivity index (χ1) is 4.18. The van der Waals surface area contributed by atoms with Gasteiger partial charge in [0.2, 0.25) is 0 Å². The maximum Gasteiger partial charge on any atom is 0.0828 e. The van der Waals surface area contributed by atoms with Gasteiger partial charge < -0.3 is 5.11 Å². The first-order valence-electron chi connectivity index (χ1n) is 2.76. The van der Waals surface area contributed by atoms with Crippen molar-refractivity contribution in [3.63, 3.8) is 0 Å². The topological polar surface area (TPSA) is 20.2 Å². The predicted molar refractivity (Wildman–Crippen MR) is 44.4 cm³/mol. The van der Waals surface area contributed by atoms with Crippen molar-refractivity contribution in [3.8, 4) is 0 Å². The van der Waals surface area contributed by atoms with Crippen LogP contribution in [-0.2, 0) is 0 Å². The van der Waals surface area contributed by atoms with Crippen molar-refractivity contribution in [3.05, 3.63) is 12.4 Å². The molecule has 0 aromatic carbocycles. The van der Waals surface area contributed by atoms with Crippen LogP contribution in [0.4, 0.5) is 4.39 Å². The van der Waals surface area contributed by atoms with E-state index in [4.69, 9.17) is 5.11 Å². The summed E-state index contributed by atoms with van der Waals surface area (Å²) in [6.45, 7) is 1.89. The monoisotopic (exact) mass is 244 g/mol. The Balaban J connectivity index is 3.38. The van der Waals surface area contributed by atoms with Gasteiger partial charge in [-0.15, -0.1) is 0 Å². The molecular weight excluding hydrogens is 234 g/mol. The summed E-state index contributed by atoms with van der Waals surface area (Å²) in [7, 11) is 0. The fraction of sp³-hybridized carbons (Fsp3) is 0.667. The van der Waals surface area contributed by atoms with E-state index in [0.717, 1.165) is 0 Å². The third kappa shape index (κ3) is 4.84. The van der Waals surface area contributed by atoms with Gasteiger partial charge in [0.05, 0.1) is 12.4 Å². The number of aliphatic hydroxyl groups is 1. The Kier molecular flexibility index (Phi) is 5.38. The number of rotatable bonds is 3. The second-order valence-corrected chi connectivity index (χ2v) is 3.81. The molecule has 0 heterocycles. The lowest BCUT2D eigenvalue weighted by Crippen LogP contribution is -2.15. The molecule has 0 aliphatic carbocycles. The van der Waals surface area contributed by atoms with Crippen LogP contribution in [0.15, 0.2) is 12.4 Å². The van der Waals surface area contributed by atoms with Gasteiger partial charge in [0.1, 0.15) is 0 Å². The van der Waals surface area contributed by atoms with Crippen LogP contribution >= 0.6 is 22.6 Å². The van der Waals surface area contributed by atoms with Gasteiger partial charge in [0.15, 0.2) is 0 Å². The molecule has 54 valence electrons. The molecule has 0 rings (SSSR count). The average molecular weight is 244 g/mol. The molecule has 0 spiro atoms. The molecule has 9 heavy (non-hydrogen) atoms. The van der Waals surface area contributed by atoms with Crippen LogP contribution in [0, 0.1) is 0 Å². The van der Waals surface area contributed by atoms with E-state index in [-0.39, 0.29) is 3.92 Å². The zero-order valence-corrected chi connectivity index (χ0v) is 7.38. The van der Waals surface area contributed by atoms with E-state index >= 15 is 0 Å². The van der Waals surface area contributed by atoms with Crippen molar-refractivity contribution in [2.45, 2.75) is 23.4 Å². The summed E-state index contributed by atoms with van der Waals surface area (Å²) in [5, 5.41) is 9.03. The summed E-state index contributed by atoms with van der Waals surface area (Å²) in [6.07, 6.45) is 1.76. The molecule has 0 saturated heterocycles. The molecule has 3 heteroatoms. The van der Waals surface area contributed by atoms with Crippen molar-refractivity contribution >= 4 is 22.6 Å². The van der Waals surface area contributed by atoms with E-state index in [0.29, 0.717) is 12.8 Å². The molecule has 0 aliphatic rings. The van der Waals surface area contributed by atoms with Crippen LogP contribution in [0.5, 0.6) is 0 Å². The Morgan fingerprint density at radius 3 is 2.67 bits per heavy atom. The molecule has 2 atom stereocenters. The highest BCUT2D eigenvalue weighted by Gasteiger charge is 2.06. The van der Waals surface area contributed by atoms with Crippen LogP contribution in [0.3, 0.4) is 0 Å². The van der Waals surface area contributed by atoms with Crippen molar-refractivity contribution in [1.82, 2.24) is 0 Å². The Hall–Kier alpha value is 0.360. The first kappa shape index (κ1) is 9.36. The molecule has 0 bridgehead atoms. The minimum Gasteiger partial charge on any atom is -0.392 e. The van der Waals surface area contributed by atoms with E-state index in [2.05, 4.69) is 22.6 Å². The molecule has 0 aromatic heterocycles. The Bertz CT molecular complexity index is 93.1. The lowest BCUT2D eigenvalue weighted by atomic mass is 10.2. The highest BCUT2D eigenvalue weighted by Crippen LogP contribution is 2.08. The third-order valence-electron chi connectivity index (χ3n) is 0.997. The lowest BCUT2D eigenvalue weighted by Gasteiger charge is -2.08. The molecular formula is C6H10FIO. The maximum absolute atomic E-state index is 11.3. The van der Waals surface area contributed by atoms with Crippen molar-refractivity contribution in [2.75, 3.05) is 0 Å². The normalized spacial score (nSPS) is 18.2. The minimum absolute atomic E-state index is 0.179. The van der Waals surface area contributed by atoms with Crippen LogP contribution in [0.25, 0.3) is 0 Å².